The molecule has 0 bridgehead atoms. The maximum absolute atomic E-state index is 13.9. The number of H-pyrrole nitrogens is 3. The highest BCUT2D eigenvalue weighted by Gasteiger charge is 2.41. The number of piperidine rings is 1. The molecule has 0 aromatic carbocycles. The first kappa shape index (κ1) is 89.6. The third kappa shape index (κ3) is 18.3. The minimum absolute atomic E-state index is 0.0103. The number of ether oxygens (including phenoxy) is 4. The van der Waals surface area contributed by atoms with Gasteiger partial charge in [-0.1, -0.05) is 0 Å². The highest BCUT2D eigenvalue weighted by molar-refractivity contribution is 5.94. The van der Waals surface area contributed by atoms with Crippen LogP contribution in [-0.2, 0) is 45.8 Å². The van der Waals surface area contributed by atoms with E-state index in [4.69, 9.17) is 64.0 Å². The normalized spacial score (nSPS) is 18.2. The fourth-order valence-electron chi connectivity index (χ4n) is 18.4. The summed E-state index contributed by atoms with van der Waals surface area (Å²) in [7, 11) is 3.37. The van der Waals surface area contributed by atoms with E-state index in [1.165, 1.54) is 29.7 Å². The summed E-state index contributed by atoms with van der Waals surface area (Å²) in [5, 5.41) is 27.7. The summed E-state index contributed by atoms with van der Waals surface area (Å²) >= 11 is 0. The lowest BCUT2D eigenvalue weighted by Crippen LogP contribution is -2.44. The van der Waals surface area contributed by atoms with Gasteiger partial charge in [-0.25, -0.2) is 63.6 Å². The predicted molar refractivity (Wildman–Crippen MR) is 495 cm³/mol. The van der Waals surface area contributed by atoms with Crippen LogP contribution in [0.25, 0.3) is 124 Å². The standard InChI is InChI=1S/C26H32N8O.C25H30N8O.C22H22F3N7O.C21H24F2N6O/c1-16-15-35-13-12-33(16)23-14-22(24-17(2)32-34(18(24)3)19-4-8-27-9-5-19)30-26(31-23)21-7-11-29-25-20(21)6-10-28-25;1-15-14-34-9-8-32(15)22-10-21(23-16(2)31-33(17(23)3)13-18-11-26-12-18)29-25(30-22)20-5-7-28-24-19(20)4-6-27-24;1-12-11-33-9-8-32(12)17-10-16(18-13(2)31(3)30-19(18)22(23,24)25)28-21(29-17)15-5-7-27-20-14(15)4-6-26-20;1-12-11-30-8-7-29(12)18-10-16(15-5-6-24-17(9-15)20(22)23)25-21(26-18)19-13(2)27-28(4)14(19)3/h6-7,10-11,14,16,19,27H,4-5,8-9,12-13,15H2,1-3H3,(H,28,29);4-7,10,15,18,26H,8-9,11-14H2,1-3H3,(H,27,28);4-7,10,12H,8-9,11H2,1-3H3,(H,26,27);5-6,9-10,12,20H,7-8,11H2,1-4H3/t16-;15-;2*12-/m1111/s1. The van der Waals surface area contributed by atoms with Gasteiger partial charge in [-0.15, -0.1) is 0 Å². The third-order valence-corrected chi connectivity index (χ3v) is 25.7. The number of hydrogen-bond acceptors (Lipinski definition) is 26. The summed E-state index contributed by atoms with van der Waals surface area (Å²) in [5.74, 6) is 6.02. The molecule has 21 rings (SSSR count). The van der Waals surface area contributed by atoms with Gasteiger partial charge in [0.05, 0.1) is 134 Å². The number of aromatic nitrogens is 23. The maximum Gasteiger partial charge on any atom is 0.435 e. The Hall–Kier alpha value is -13.0. The molecule has 15 aromatic rings. The Morgan fingerprint density at radius 3 is 1.25 bits per heavy atom. The number of aryl methyl sites for hydroxylation is 5. The van der Waals surface area contributed by atoms with E-state index in [9.17, 15) is 22.0 Å². The van der Waals surface area contributed by atoms with Gasteiger partial charge >= 0.3 is 6.18 Å². The Labute approximate surface area is 759 Å². The predicted octanol–water partition coefficient (Wildman–Crippen LogP) is 14.3. The fraction of sp³-hybridized carbons (Fsp3) is 0.426. The van der Waals surface area contributed by atoms with Crippen LogP contribution in [0.5, 0.6) is 0 Å². The summed E-state index contributed by atoms with van der Waals surface area (Å²) < 4.78 is 97.9. The van der Waals surface area contributed by atoms with E-state index in [0.29, 0.717) is 135 Å². The van der Waals surface area contributed by atoms with Crippen LogP contribution in [0.15, 0.2) is 116 Å². The molecule has 0 saturated carbocycles. The lowest BCUT2D eigenvalue weighted by molar-refractivity contribution is -0.141. The number of rotatable bonds is 16. The monoisotopic (exact) mass is 1800 g/mol. The number of alkyl halides is 5. The summed E-state index contributed by atoms with van der Waals surface area (Å²) in [6.45, 7) is 35.4. The van der Waals surface area contributed by atoms with Gasteiger partial charge in [0.2, 0.25) is 0 Å². The van der Waals surface area contributed by atoms with Crippen molar-refractivity contribution in [2.24, 2.45) is 20.0 Å². The molecule has 5 N–H and O–H groups in total. The average Bonchev–Trinajstić information content (AvgIpc) is 1.60. The molecule has 0 aliphatic carbocycles. The van der Waals surface area contributed by atoms with E-state index in [2.05, 4.69) is 145 Å². The Balaban J connectivity index is 0.000000118. The Morgan fingerprint density at radius 1 is 0.424 bits per heavy atom. The number of aromatic amines is 3. The molecule has 6 aliphatic heterocycles. The van der Waals surface area contributed by atoms with Crippen molar-refractivity contribution in [3.63, 3.8) is 0 Å². The topological polar surface area (TPSA) is 347 Å². The van der Waals surface area contributed by atoms with E-state index in [1.807, 2.05) is 93.9 Å². The van der Waals surface area contributed by atoms with Gasteiger partial charge in [-0.05, 0) is 151 Å². The smallest absolute Gasteiger partial charge is 0.377 e. The Morgan fingerprint density at radius 2 is 0.826 bits per heavy atom. The molecule has 6 fully saturated rings. The number of fused-ring (bicyclic) bond motifs is 3. The van der Waals surface area contributed by atoms with Gasteiger partial charge in [0.25, 0.3) is 6.43 Å². The van der Waals surface area contributed by atoms with Crippen LogP contribution >= 0.6 is 0 Å². The molecule has 132 heavy (non-hydrogen) atoms. The van der Waals surface area contributed by atoms with Crippen molar-refractivity contribution in [3.8, 4) is 90.6 Å². The SMILES string of the molecule is Cc1c(-c2cc(N3CCOC[C@H]3C)nc(-c3ccnc4[nH]ccc34)n2)c(C(F)(F)F)nn1C.Cc1nn(C)c(C)c1-c1nc(-c2ccnc(C(F)F)c2)cc(N2CCOC[C@H]2C)n1.Cc1nn(C2CCNCC2)c(C)c1-c1cc(N2CCOC[C@H]2C)nc(-c2ccnc3[nH]ccc23)n1.Cc1nn(CC2CNC2)c(C)c1-c1cc(N2CCOC[C@H]2C)nc(-c2ccnc3[nH]ccc23)n1. The van der Waals surface area contributed by atoms with Gasteiger partial charge < -0.3 is 64.1 Å². The number of halogens is 5. The Bertz CT molecular complexity index is 6660. The summed E-state index contributed by atoms with van der Waals surface area (Å²) in [6.07, 6.45) is 7.12. The van der Waals surface area contributed by atoms with E-state index < -0.39 is 18.3 Å². The molecule has 33 nitrogen and oxygen atoms in total. The zero-order valence-corrected chi connectivity index (χ0v) is 76.2. The second-order valence-electron chi connectivity index (χ2n) is 34.6. The number of nitrogens with zero attached hydrogens (tertiary/aromatic N) is 24. The third-order valence-electron chi connectivity index (χ3n) is 25.7. The molecule has 0 radical (unpaired) electrons. The molecule has 6 saturated heterocycles. The van der Waals surface area contributed by atoms with Gasteiger partial charge in [0.15, 0.2) is 29.0 Å². The van der Waals surface area contributed by atoms with Crippen LogP contribution in [0, 0.1) is 54.4 Å². The van der Waals surface area contributed by atoms with Crippen LogP contribution in [0.4, 0.5) is 45.2 Å². The molecule has 0 amide bonds. The second-order valence-corrected chi connectivity index (χ2v) is 34.6. The van der Waals surface area contributed by atoms with E-state index in [-0.39, 0.29) is 41.1 Å². The molecule has 15 aromatic heterocycles. The summed E-state index contributed by atoms with van der Waals surface area (Å²) in [4.78, 5) is 74.6. The van der Waals surface area contributed by atoms with Crippen molar-refractivity contribution in [3.05, 3.63) is 167 Å². The quantitative estimate of drug-likeness (QED) is 0.0561. The van der Waals surface area contributed by atoms with Crippen LogP contribution in [0.3, 0.4) is 0 Å². The molecule has 6 aliphatic rings. The van der Waals surface area contributed by atoms with Gasteiger partial charge in [0, 0.05) is 206 Å². The van der Waals surface area contributed by atoms with Gasteiger partial charge in [0.1, 0.15) is 45.9 Å². The van der Waals surface area contributed by atoms with Gasteiger partial charge in [-0.2, -0.15) is 33.6 Å². The van der Waals surface area contributed by atoms with Crippen molar-refractivity contribution in [1.29, 1.82) is 0 Å². The van der Waals surface area contributed by atoms with Crippen molar-refractivity contribution >= 4 is 56.4 Å². The molecule has 688 valence electrons. The number of anilines is 4. The number of morpholine rings is 4. The van der Waals surface area contributed by atoms with Crippen LogP contribution in [-0.4, -0.2) is 243 Å². The lowest BCUT2D eigenvalue weighted by atomic mass is 10.0. The summed E-state index contributed by atoms with van der Waals surface area (Å²) in [6, 6.07) is 23.5. The first-order chi connectivity index (χ1) is 63.8. The molecule has 0 spiro atoms. The van der Waals surface area contributed by atoms with Crippen LogP contribution in [0.2, 0.25) is 0 Å². The maximum atomic E-state index is 13.9. The molecule has 21 heterocycles. The summed E-state index contributed by atoms with van der Waals surface area (Å²) in [5.41, 5.74) is 16.3. The zero-order chi connectivity index (χ0) is 91.9. The van der Waals surface area contributed by atoms with E-state index >= 15 is 0 Å². The molecule has 38 heteroatoms. The number of nitrogens with one attached hydrogen (secondary N) is 5. The molecular weight excluding hydrogens is 1690 g/mol. The highest BCUT2D eigenvalue weighted by Crippen LogP contribution is 2.43. The minimum atomic E-state index is -4.62. The van der Waals surface area contributed by atoms with Crippen molar-refractivity contribution in [2.75, 3.05) is 125 Å². The molecular formula is C94H108F5N29O4. The van der Waals surface area contributed by atoms with Crippen molar-refractivity contribution < 1.29 is 40.9 Å². The second kappa shape index (κ2) is 38.1. The lowest BCUT2D eigenvalue weighted by Gasteiger charge is -2.34. The number of pyridine rings is 4. The fourth-order valence-corrected chi connectivity index (χ4v) is 18.4. The van der Waals surface area contributed by atoms with Crippen LogP contribution in [0.1, 0.15) is 104 Å². The van der Waals surface area contributed by atoms with Crippen molar-refractivity contribution in [2.45, 2.75) is 138 Å². The Kier molecular flexibility index (Phi) is 25.8. The number of hydrogen-bond donors (Lipinski definition) is 5. The van der Waals surface area contributed by atoms with E-state index in [1.54, 1.807) is 42.2 Å². The van der Waals surface area contributed by atoms with Gasteiger partial charge in [-0.3, -0.25) is 23.7 Å². The van der Waals surface area contributed by atoms with Crippen LogP contribution < -0.4 is 30.2 Å². The first-order valence-electron chi connectivity index (χ1n) is 44.9. The molecule has 0 unspecified atom stereocenters. The minimum Gasteiger partial charge on any atom is -0.377 e. The first-order valence-corrected chi connectivity index (χ1v) is 44.9. The average molecular weight is 1800 g/mol. The highest BCUT2D eigenvalue weighted by atomic mass is 19.4. The van der Waals surface area contributed by atoms with E-state index in [0.717, 1.165) is 171 Å². The van der Waals surface area contributed by atoms with Crippen molar-refractivity contribution in [1.82, 2.24) is 125 Å². The molecule has 4 atom stereocenters. The largest absolute Gasteiger partial charge is 0.435 e. The zero-order valence-electron chi connectivity index (χ0n) is 76.2.